The highest BCUT2D eigenvalue weighted by atomic mass is 19.1. The molecule has 0 amide bonds. The molecule has 1 saturated heterocycles. The highest BCUT2D eigenvalue weighted by Gasteiger charge is 2.32. The van der Waals surface area contributed by atoms with Crippen molar-refractivity contribution in [3.8, 4) is 0 Å². The third kappa shape index (κ3) is 3.29. The van der Waals surface area contributed by atoms with Gasteiger partial charge in [0.15, 0.2) is 0 Å². The largest absolute Gasteiger partial charge is 0.465 e. The van der Waals surface area contributed by atoms with Crippen LogP contribution < -0.4 is 0 Å². The number of nitrogens with zero attached hydrogens (tertiary/aromatic N) is 1. The minimum absolute atomic E-state index is 0.229. The molecule has 1 unspecified atom stereocenters. The van der Waals surface area contributed by atoms with Crippen LogP contribution in [-0.4, -0.2) is 30.1 Å². The summed E-state index contributed by atoms with van der Waals surface area (Å²) in [6.45, 7) is 3.01. The van der Waals surface area contributed by atoms with Gasteiger partial charge in [0.25, 0.3) is 0 Å². The quantitative estimate of drug-likeness (QED) is 0.786. The molecule has 1 atom stereocenters. The number of carbonyl (C=O) groups excluding carboxylic acids is 1. The molecule has 3 nitrogen and oxygen atoms in total. The first kappa shape index (κ1) is 13.9. The molecule has 1 aromatic carbocycles. The van der Waals surface area contributed by atoms with Crippen LogP contribution in [0, 0.1) is 11.6 Å². The lowest BCUT2D eigenvalue weighted by molar-refractivity contribution is -0.148. The molecule has 19 heavy (non-hydrogen) atoms. The second kappa shape index (κ2) is 6.10. The Morgan fingerprint density at radius 2 is 2.26 bits per heavy atom. The topological polar surface area (TPSA) is 29.5 Å². The van der Waals surface area contributed by atoms with Crippen molar-refractivity contribution in [2.24, 2.45) is 0 Å². The van der Waals surface area contributed by atoms with E-state index in [0.717, 1.165) is 18.6 Å². The summed E-state index contributed by atoms with van der Waals surface area (Å²) in [4.78, 5) is 13.6. The van der Waals surface area contributed by atoms with Gasteiger partial charge >= 0.3 is 5.97 Å². The molecule has 0 bridgehead atoms. The van der Waals surface area contributed by atoms with Crippen LogP contribution in [0.1, 0.15) is 25.3 Å². The number of esters is 1. The Morgan fingerprint density at radius 1 is 1.47 bits per heavy atom. The van der Waals surface area contributed by atoms with E-state index >= 15 is 0 Å². The first-order chi connectivity index (χ1) is 9.11. The standard InChI is InChI=1S/C14H17F2NO2/c1-2-19-14(18)13-4-3-7-17(13)9-10-8-11(15)5-6-12(10)16/h5-6,8,13H,2-4,7,9H2,1H3. The Bertz CT molecular complexity index is 465. The SMILES string of the molecule is CCOC(=O)C1CCCN1Cc1cc(F)ccc1F. The first-order valence-electron chi connectivity index (χ1n) is 6.46. The molecule has 104 valence electrons. The Morgan fingerprint density at radius 3 is 3.00 bits per heavy atom. The van der Waals surface area contributed by atoms with Gasteiger partial charge < -0.3 is 4.74 Å². The molecule has 0 aromatic heterocycles. The van der Waals surface area contributed by atoms with E-state index in [4.69, 9.17) is 4.74 Å². The van der Waals surface area contributed by atoms with Crippen molar-refractivity contribution >= 4 is 5.97 Å². The van der Waals surface area contributed by atoms with Crippen LogP contribution in [0.5, 0.6) is 0 Å². The van der Waals surface area contributed by atoms with Gasteiger partial charge in [-0.2, -0.15) is 0 Å². The summed E-state index contributed by atoms with van der Waals surface area (Å²) in [5.74, 6) is -1.20. The molecule has 1 fully saturated rings. The number of hydrogen-bond donors (Lipinski definition) is 0. The minimum Gasteiger partial charge on any atom is -0.465 e. The summed E-state index contributed by atoms with van der Waals surface area (Å²) < 4.78 is 31.7. The monoisotopic (exact) mass is 269 g/mol. The smallest absolute Gasteiger partial charge is 0.323 e. The lowest BCUT2D eigenvalue weighted by Crippen LogP contribution is -2.37. The van der Waals surface area contributed by atoms with Crippen molar-refractivity contribution in [3.05, 3.63) is 35.4 Å². The van der Waals surface area contributed by atoms with E-state index in [0.29, 0.717) is 19.6 Å². The van der Waals surface area contributed by atoms with E-state index in [2.05, 4.69) is 0 Å². The minimum atomic E-state index is -0.469. The number of likely N-dealkylation sites (tertiary alicyclic amines) is 1. The van der Waals surface area contributed by atoms with Crippen LogP contribution in [0.2, 0.25) is 0 Å². The molecule has 1 aliphatic heterocycles. The number of rotatable bonds is 4. The second-order valence-electron chi connectivity index (χ2n) is 4.62. The average molecular weight is 269 g/mol. The van der Waals surface area contributed by atoms with Gasteiger partial charge in [-0.05, 0) is 44.5 Å². The zero-order valence-corrected chi connectivity index (χ0v) is 10.9. The first-order valence-corrected chi connectivity index (χ1v) is 6.46. The fourth-order valence-electron chi connectivity index (χ4n) is 2.40. The summed E-state index contributed by atoms with van der Waals surface area (Å²) >= 11 is 0. The second-order valence-corrected chi connectivity index (χ2v) is 4.62. The molecular formula is C14H17F2NO2. The van der Waals surface area contributed by atoms with Crippen LogP contribution >= 0.6 is 0 Å². The molecule has 0 N–H and O–H groups in total. The summed E-state index contributed by atoms with van der Waals surface area (Å²) in [7, 11) is 0. The van der Waals surface area contributed by atoms with E-state index in [1.807, 2.05) is 4.90 Å². The summed E-state index contributed by atoms with van der Waals surface area (Å²) in [6.07, 6.45) is 1.57. The average Bonchev–Trinajstić information content (AvgIpc) is 2.82. The molecule has 5 heteroatoms. The third-order valence-electron chi connectivity index (χ3n) is 3.30. The fourth-order valence-corrected chi connectivity index (χ4v) is 2.40. The molecule has 0 aliphatic carbocycles. The molecular weight excluding hydrogens is 252 g/mol. The molecule has 1 aromatic rings. The van der Waals surface area contributed by atoms with Gasteiger partial charge in [-0.15, -0.1) is 0 Å². The van der Waals surface area contributed by atoms with E-state index in [1.165, 1.54) is 6.07 Å². The molecule has 0 saturated carbocycles. The maximum Gasteiger partial charge on any atom is 0.323 e. The molecule has 2 rings (SSSR count). The van der Waals surface area contributed by atoms with E-state index < -0.39 is 11.6 Å². The number of hydrogen-bond acceptors (Lipinski definition) is 3. The van der Waals surface area contributed by atoms with Gasteiger partial charge in [0.1, 0.15) is 17.7 Å². The molecule has 0 radical (unpaired) electrons. The summed E-state index contributed by atoms with van der Waals surface area (Å²) in [5.41, 5.74) is 0.274. The van der Waals surface area contributed by atoms with Gasteiger partial charge in [0.05, 0.1) is 6.61 Å². The molecule has 1 aliphatic rings. The molecule has 0 spiro atoms. The number of carbonyl (C=O) groups is 1. The molecule has 1 heterocycles. The maximum atomic E-state index is 13.6. The van der Waals surface area contributed by atoms with Crippen molar-refractivity contribution < 1.29 is 18.3 Å². The maximum absolute atomic E-state index is 13.6. The number of ether oxygens (including phenoxy) is 1. The van der Waals surface area contributed by atoms with E-state index in [9.17, 15) is 13.6 Å². The zero-order valence-electron chi connectivity index (χ0n) is 10.9. The van der Waals surface area contributed by atoms with Crippen molar-refractivity contribution in [1.82, 2.24) is 4.90 Å². The van der Waals surface area contributed by atoms with Crippen molar-refractivity contribution in [2.75, 3.05) is 13.2 Å². The Labute approximate surface area is 111 Å². The van der Waals surface area contributed by atoms with E-state index in [-0.39, 0.29) is 24.1 Å². The van der Waals surface area contributed by atoms with Gasteiger partial charge in [-0.25, -0.2) is 8.78 Å². The van der Waals surface area contributed by atoms with Crippen molar-refractivity contribution in [3.63, 3.8) is 0 Å². The van der Waals surface area contributed by atoms with Crippen LogP contribution in [0.25, 0.3) is 0 Å². The summed E-state index contributed by atoms with van der Waals surface area (Å²) in [6, 6.07) is 3.03. The van der Waals surface area contributed by atoms with Crippen LogP contribution in [0.15, 0.2) is 18.2 Å². The zero-order chi connectivity index (χ0) is 13.8. The number of benzene rings is 1. The normalized spacial score (nSPS) is 19.6. The highest BCUT2D eigenvalue weighted by Crippen LogP contribution is 2.22. The van der Waals surface area contributed by atoms with Gasteiger partial charge in [-0.3, -0.25) is 9.69 Å². The highest BCUT2D eigenvalue weighted by molar-refractivity contribution is 5.76. The predicted molar refractivity (Wildman–Crippen MR) is 66.4 cm³/mol. The predicted octanol–water partition coefficient (Wildman–Crippen LogP) is 2.49. The van der Waals surface area contributed by atoms with Crippen molar-refractivity contribution in [1.29, 1.82) is 0 Å². The summed E-state index contributed by atoms with van der Waals surface area (Å²) in [5, 5.41) is 0. The Balaban J connectivity index is 2.09. The van der Waals surface area contributed by atoms with Crippen LogP contribution in [-0.2, 0) is 16.1 Å². The van der Waals surface area contributed by atoms with Gasteiger partial charge in [0.2, 0.25) is 0 Å². The number of halogens is 2. The van der Waals surface area contributed by atoms with Gasteiger partial charge in [0, 0.05) is 12.1 Å². The van der Waals surface area contributed by atoms with Crippen LogP contribution in [0.4, 0.5) is 8.78 Å². The third-order valence-corrected chi connectivity index (χ3v) is 3.30. The van der Waals surface area contributed by atoms with Crippen LogP contribution in [0.3, 0.4) is 0 Å². The Hall–Kier alpha value is -1.49. The lowest BCUT2D eigenvalue weighted by atomic mass is 10.1. The fraction of sp³-hybridized carbons (Fsp3) is 0.500. The Kier molecular flexibility index (Phi) is 4.47. The van der Waals surface area contributed by atoms with Gasteiger partial charge in [-0.1, -0.05) is 0 Å². The lowest BCUT2D eigenvalue weighted by Gasteiger charge is -2.23. The van der Waals surface area contributed by atoms with E-state index in [1.54, 1.807) is 6.92 Å². The van der Waals surface area contributed by atoms with Crippen molar-refractivity contribution in [2.45, 2.75) is 32.4 Å².